The number of aliphatic imine (C=N–C) groups is 1. The van der Waals surface area contributed by atoms with E-state index in [4.69, 9.17) is 9.84 Å². The Morgan fingerprint density at radius 2 is 2.30 bits per heavy atom. The Morgan fingerprint density at radius 1 is 1.45 bits per heavy atom. The van der Waals surface area contributed by atoms with Crippen molar-refractivity contribution in [2.45, 2.75) is 6.04 Å². The highest BCUT2D eigenvalue weighted by molar-refractivity contribution is 8.14. The lowest BCUT2D eigenvalue weighted by Crippen LogP contribution is -2.17. The average molecular weight is 289 g/mol. The number of hydrogen-bond acceptors (Lipinski definition) is 6. The highest BCUT2D eigenvalue weighted by Crippen LogP contribution is 2.24. The van der Waals surface area contributed by atoms with Crippen molar-refractivity contribution >= 4 is 33.8 Å². The molecular formula is C13H11N3O3S. The molecule has 1 aliphatic rings. The fourth-order valence-electron chi connectivity index (χ4n) is 1.86. The first kappa shape index (κ1) is 12.9. The molecular weight excluding hydrogens is 278 g/mol. The molecule has 102 valence electrons. The van der Waals surface area contributed by atoms with Gasteiger partial charge in [-0.1, -0.05) is 0 Å². The zero-order valence-electron chi connectivity index (χ0n) is 10.6. The van der Waals surface area contributed by atoms with Crippen molar-refractivity contribution in [2.75, 3.05) is 12.9 Å². The SMILES string of the molecule is COc1ccc2ncc(C3=NC(C(=O)O)CS3)nc2c1. The summed E-state index contributed by atoms with van der Waals surface area (Å²) in [5, 5.41) is 9.57. The Morgan fingerprint density at radius 3 is 3.00 bits per heavy atom. The van der Waals surface area contributed by atoms with Gasteiger partial charge in [-0.25, -0.2) is 9.78 Å². The third-order valence-corrected chi connectivity index (χ3v) is 3.97. The van der Waals surface area contributed by atoms with Crippen LogP contribution in [0.15, 0.2) is 29.4 Å². The third kappa shape index (κ3) is 2.32. The number of nitrogens with zero attached hydrogens (tertiary/aromatic N) is 3. The van der Waals surface area contributed by atoms with Crippen LogP contribution in [0.3, 0.4) is 0 Å². The summed E-state index contributed by atoms with van der Waals surface area (Å²) in [5.74, 6) is 0.221. The van der Waals surface area contributed by atoms with Gasteiger partial charge in [-0.15, -0.1) is 11.8 Å². The van der Waals surface area contributed by atoms with Crippen LogP contribution in [0.1, 0.15) is 5.69 Å². The molecule has 1 atom stereocenters. The normalized spacial score (nSPS) is 18.1. The van der Waals surface area contributed by atoms with E-state index in [1.165, 1.54) is 11.8 Å². The average Bonchev–Trinajstić information content (AvgIpc) is 2.96. The topological polar surface area (TPSA) is 84.7 Å². The molecule has 6 nitrogen and oxygen atoms in total. The second-order valence-electron chi connectivity index (χ2n) is 4.21. The van der Waals surface area contributed by atoms with Crippen LogP contribution >= 0.6 is 11.8 Å². The fraction of sp³-hybridized carbons (Fsp3) is 0.231. The Labute approximate surface area is 118 Å². The van der Waals surface area contributed by atoms with Crippen LogP contribution in [0.25, 0.3) is 11.0 Å². The van der Waals surface area contributed by atoms with Crippen molar-refractivity contribution in [3.8, 4) is 5.75 Å². The van der Waals surface area contributed by atoms with Gasteiger partial charge in [-0.2, -0.15) is 0 Å². The summed E-state index contributed by atoms with van der Waals surface area (Å²) in [4.78, 5) is 23.8. The number of aliphatic carboxylic acids is 1. The number of hydrogen-bond donors (Lipinski definition) is 1. The Hall–Kier alpha value is -2.15. The van der Waals surface area contributed by atoms with E-state index < -0.39 is 12.0 Å². The molecule has 0 radical (unpaired) electrons. The largest absolute Gasteiger partial charge is 0.497 e. The molecule has 0 spiro atoms. The maximum absolute atomic E-state index is 10.9. The monoisotopic (exact) mass is 289 g/mol. The molecule has 0 saturated heterocycles. The van der Waals surface area contributed by atoms with E-state index >= 15 is 0 Å². The molecule has 1 aliphatic heterocycles. The van der Waals surface area contributed by atoms with Gasteiger partial charge < -0.3 is 9.84 Å². The van der Waals surface area contributed by atoms with Gasteiger partial charge in [-0.3, -0.25) is 9.98 Å². The maximum atomic E-state index is 10.9. The highest BCUT2D eigenvalue weighted by atomic mass is 32.2. The first-order chi connectivity index (χ1) is 9.67. The van der Waals surface area contributed by atoms with Crippen LogP contribution in [0.2, 0.25) is 0 Å². The summed E-state index contributed by atoms with van der Waals surface area (Å²) >= 11 is 1.39. The van der Waals surface area contributed by atoms with Gasteiger partial charge in [0.15, 0.2) is 6.04 Å². The smallest absolute Gasteiger partial charge is 0.329 e. The van der Waals surface area contributed by atoms with E-state index in [1.54, 1.807) is 19.4 Å². The van der Waals surface area contributed by atoms with Crippen LogP contribution in [-0.4, -0.2) is 45.0 Å². The minimum Gasteiger partial charge on any atom is -0.497 e. The molecule has 1 N–H and O–H groups in total. The third-order valence-electron chi connectivity index (χ3n) is 2.90. The summed E-state index contributed by atoms with van der Waals surface area (Å²) < 4.78 is 5.16. The van der Waals surface area contributed by atoms with Crippen LogP contribution in [0.5, 0.6) is 5.75 Å². The Bertz CT molecular complexity index is 717. The van der Waals surface area contributed by atoms with Crippen LogP contribution < -0.4 is 4.74 Å². The second kappa shape index (κ2) is 5.09. The molecule has 0 fully saturated rings. The molecule has 3 rings (SSSR count). The van der Waals surface area contributed by atoms with E-state index in [9.17, 15) is 4.79 Å². The second-order valence-corrected chi connectivity index (χ2v) is 5.22. The van der Waals surface area contributed by atoms with Crippen molar-refractivity contribution in [3.05, 3.63) is 30.1 Å². The number of benzene rings is 1. The quantitative estimate of drug-likeness (QED) is 0.923. The molecule has 1 unspecified atom stereocenters. The van der Waals surface area contributed by atoms with E-state index in [-0.39, 0.29) is 0 Å². The minimum atomic E-state index is -0.914. The molecule has 20 heavy (non-hydrogen) atoms. The van der Waals surface area contributed by atoms with Crippen molar-refractivity contribution in [1.82, 2.24) is 9.97 Å². The van der Waals surface area contributed by atoms with Gasteiger partial charge in [0.25, 0.3) is 0 Å². The lowest BCUT2D eigenvalue weighted by Gasteiger charge is -2.03. The maximum Gasteiger partial charge on any atom is 0.329 e. The molecule has 0 aliphatic carbocycles. The predicted octanol–water partition coefficient (Wildman–Crippen LogP) is 1.58. The van der Waals surface area contributed by atoms with Gasteiger partial charge in [0.1, 0.15) is 16.5 Å². The molecule has 2 heterocycles. The number of rotatable bonds is 3. The summed E-state index contributed by atoms with van der Waals surface area (Å²) in [5.41, 5.74) is 2.05. The van der Waals surface area contributed by atoms with Crippen molar-refractivity contribution in [3.63, 3.8) is 0 Å². The van der Waals surface area contributed by atoms with Gasteiger partial charge in [0.2, 0.25) is 0 Å². The lowest BCUT2D eigenvalue weighted by atomic mass is 10.2. The van der Waals surface area contributed by atoms with Gasteiger partial charge in [0.05, 0.1) is 24.3 Å². The van der Waals surface area contributed by atoms with Crippen molar-refractivity contribution < 1.29 is 14.6 Å². The summed E-state index contributed by atoms with van der Waals surface area (Å²) in [6.45, 7) is 0. The molecule has 1 aromatic carbocycles. The number of carboxylic acids is 1. The summed E-state index contributed by atoms with van der Waals surface area (Å²) in [7, 11) is 1.59. The summed E-state index contributed by atoms with van der Waals surface area (Å²) in [6, 6.07) is 4.74. The van der Waals surface area contributed by atoms with Gasteiger partial charge in [-0.05, 0) is 12.1 Å². The van der Waals surface area contributed by atoms with E-state index in [0.29, 0.717) is 27.8 Å². The number of carboxylic acid groups (broad SMARTS) is 1. The van der Waals surface area contributed by atoms with E-state index in [0.717, 1.165) is 5.52 Å². The highest BCUT2D eigenvalue weighted by Gasteiger charge is 2.26. The number of ether oxygens (including phenoxy) is 1. The standard InChI is InChI=1S/C13H11N3O3S/c1-19-7-2-3-8-9(4-7)15-10(5-14-8)12-16-11(6-20-12)13(17)18/h2-5,11H,6H2,1H3,(H,17,18). The minimum absolute atomic E-state index is 0.433. The van der Waals surface area contributed by atoms with Gasteiger partial charge in [0, 0.05) is 11.8 Å². The van der Waals surface area contributed by atoms with Crippen molar-refractivity contribution in [1.29, 1.82) is 0 Å². The van der Waals surface area contributed by atoms with E-state index in [1.807, 2.05) is 12.1 Å². The number of thioether (sulfide) groups is 1. The van der Waals surface area contributed by atoms with Gasteiger partial charge >= 0.3 is 5.97 Å². The number of aromatic nitrogens is 2. The Balaban J connectivity index is 2.00. The fourth-order valence-corrected chi connectivity index (χ4v) is 2.84. The van der Waals surface area contributed by atoms with E-state index in [2.05, 4.69) is 15.0 Å². The number of methoxy groups -OCH3 is 1. The first-order valence-electron chi connectivity index (χ1n) is 5.92. The number of carbonyl (C=O) groups is 1. The molecule has 0 amide bonds. The first-order valence-corrected chi connectivity index (χ1v) is 6.90. The number of fused-ring (bicyclic) bond motifs is 1. The molecule has 0 bridgehead atoms. The van der Waals surface area contributed by atoms with Crippen LogP contribution in [-0.2, 0) is 4.79 Å². The zero-order valence-corrected chi connectivity index (χ0v) is 11.4. The lowest BCUT2D eigenvalue weighted by molar-refractivity contribution is -0.137. The van der Waals surface area contributed by atoms with Crippen LogP contribution in [0, 0.1) is 0 Å². The zero-order chi connectivity index (χ0) is 14.1. The Kier molecular flexibility index (Phi) is 3.27. The molecule has 2 aromatic rings. The molecule has 0 saturated carbocycles. The van der Waals surface area contributed by atoms with Crippen molar-refractivity contribution in [2.24, 2.45) is 4.99 Å². The molecule has 1 aromatic heterocycles. The predicted molar refractivity (Wildman–Crippen MR) is 76.5 cm³/mol. The molecule has 7 heteroatoms. The van der Waals surface area contributed by atoms with Crippen LogP contribution in [0.4, 0.5) is 0 Å². The summed E-state index contributed by atoms with van der Waals surface area (Å²) in [6.07, 6.45) is 1.62.